The third-order valence-corrected chi connectivity index (χ3v) is 3.29. The van der Waals surface area contributed by atoms with Crippen molar-refractivity contribution in [2.75, 3.05) is 0 Å². The second kappa shape index (κ2) is 3.85. The molecule has 0 aromatic carbocycles. The number of hydrogen-bond acceptors (Lipinski definition) is 2. The van der Waals surface area contributed by atoms with Crippen molar-refractivity contribution in [2.24, 2.45) is 5.92 Å². The third-order valence-electron chi connectivity index (χ3n) is 2.88. The van der Waals surface area contributed by atoms with Gasteiger partial charge in [0.25, 0.3) is 0 Å². The topological polar surface area (TPSA) is 34.9 Å². The second-order valence-electron chi connectivity index (χ2n) is 3.96. The van der Waals surface area contributed by atoms with Gasteiger partial charge >= 0.3 is 0 Å². The Morgan fingerprint density at radius 3 is 3.07 bits per heavy atom. The molecule has 0 saturated heterocycles. The first-order valence-corrected chi connectivity index (χ1v) is 5.67. The summed E-state index contributed by atoms with van der Waals surface area (Å²) in [7, 11) is 0. The van der Waals surface area contributed by atoms with Crippen molar-refractivity contribution in [3.8, 4) is 0 Å². The molecule has 2 rings (SSSR count). The number of aromatic nitrogens is 2. The van der Waals surface area contributed by atoms with E-state index in [9.17, 15) is 4.79 Å². The summed E-state index contributed by atoms with van der Waals surface area (Å²) in [5, 5.41) is 4.24. The molecule has 1 saturated carbocycles. The standard InChI is InChI=1S/C10H13BrN2O/c1-7-2-3-9(14)4-10(7)13-6-8(11)5-12-13/h5-7,10H,2-4H2,1H3. The van der Waals surface area contributed by atoms with Gasteiger partial charge in [-0.15, -0.1) is 0 Å². The molecule has 1 aromatic rings. The molecule has 0 N–H and O–H groups in total. The summed E-state index contributed by atoms with van der Waals surface area (Å²) in [6.07, 6.45) is 6.07. The molecule has 0 radical (unpaired) electrons. The molecule has 1 heterocycles. The molecule has 3 nitrogen and oxygen atoms in total. The van der Waals surface area contributed by atoms with Gasteiger partial charge in [0.15, 0.2) is 0 Å². The van der Waals surface area contributed by atoms with E-state index in [1.54, 1.807) is 6.20 Å². The van der Waals surface area contributed by atoms with Crippen molar-refractivity contribution >= 4 is 21.7 Å². The summed E-state index contributed by atoms with van der Waals surface area (Å²) in [4.78, 5) is 11.3. The Morgan fingerprint density at radius 2 is 2.43 bits per heavy atom. The van der Waals surface area contributed by atoms with Gasteiger partial charge in [0.05, 0.1) is 16.7 Å². The summed E-state index contributed by atoms with van der Waals surface area (Å²) in [5.41, 5.74) is 0. The molecular weight excluding hydrogens is 244 g/mol. The van der Waals surface area contributed by atoms with Gasteiger partial charge in [-0.05, 0) is 28.3 Å². The van der Waals surface area contributed by atoms with Gasteiger partial charge in [-0.3, -0.25) is 9.48 Å². The highest BCUT2D eigenvalue weighted by Gasteiger charge is 2.27. The summed E-state index contributed by atoms with van der Waals surface area (Å²) < 4.78 is 2.88. The van der Waals surface area contributed by atoms with Crippen LogP contribution >= 0.6 is 15.9 Å². The van der Waals surface area contributed by atoms with E-state index < -0.39 is 0 Å². The number of hydrogen-bond donors (Lipinski definition) is 0. The third kappa shape index (κ3) is 1.90. The van der Waals surface area contributed by atoms with Gasteiger partial charge in [0, 0.05) is 19.0 Å². The zero-order chi connectivity index (χ0) is 10.1. The minimum atomic E-state index is 0.252. The fourth-order valence-electron chi connectivity index (χ4n) is 1.97. The maximum absolute atomic E-state index is 11.3. The number of ketones is 1. The molecule has 1 aliphatic carbocycles. The van der Waals surface area contributed by atoms with Crippen LogP contribution in [-0.2, 0) is 4.79 Å². The van der Waals surface area contributed by atoms with Crippen LogP contribution in [0.5, 0.6) is 0 Å². The van der Waals surface area contributed by atoms with Crippen molar-refractivity contribution in [2.45, 2.75) is 32.2 Å². The number of carbonyl (C=O) groups excluding carboxylic acids is 1. The van der Waals surface area contributed by atoms with Crippen LogP contribution in [0.1, 0.15) is 32.2 Å². The van der Waals surface area contributed by atoms with Gasteiger partial charge < -0.3 is 0 Å². The summed E-state index contributed by atoms with van der Waals surface area (Å²) in [6.45, 7) is 2.19. The van der Waals surface area contributed by atoms with E-state index >= 15 is 0 Å². The molecule has 2 unspecified atom stereocenters. The quantitative estimate of drug-likeness (QED) is 0.775. The van der Waals surface area contributed by atoms with E-state index in [2.05, 4.69) is 28.0 Å². The Bertz CT molecular complexity index is 348. The Hall–Kier alpha value is -0.640. The van der Waals surface area contributed by atoms with E-state index in [0.29, 0.717) is 18.1 Å². The largest absolute Gasteiger partial charge is 0.300 e. The predicted molar refractivity (Wildman–Crippen MR) is 57.0 cm³/mol. The molecule has 0 bridgehead atoms. The van der Waals surface area contributed by atoms with Gasteiger partial charge in [-0.1, -0.05) is 6.92 Å². The van der Waals surface area contributed by atoms with Crippen LogP contribution in [0.25, 0.3) is 0 Å². The number of rotatable bonds is 1. The van der Waals surface area contributed by atoms with Crippen LogP contribution in [-0.4, -0.2) is 15.6 Å². The Kier molecular flexibility index (Phi) is 2.72. The highest BCUT2D eigenvalue weighted by Crippen LogP contribution is 2.31. The Labute approximate surface area is 91.6 Å². The fourth-order valence-corrected chi connectivity index (χ4v) is 2.27. The van der Waals surface area contributed by atoms with Crippen LogP contribution in [0, 0.1) is 5.92 Å². The lowest BCUT2D eigenvalue weighted by atomic mass is 9.85. The molecule has 4 heteroatoms. The number of halogens is 1. The van der Waals surface area contributed by atoms with Gasteiger partial charge in [0.1, 0.15) is 5.78 Å². The number of carbonyl (C=O) groups is 1. The van der Waals surface area contributed by atoms with Gasteiger partial charge in [-0.25, -0.2) is 0 Å². The van der Waals surface area contributed by atoms with Crippen LogP contribution < -0.4 is 0 Å². The lowest BCUT2D eigenvalue weighted by Gasteiger charge is -2.27. The molecule has 14 heavy (non-hydrogen) atoms. The van der Waals surface area contributed by atoms with Crippen molar-refractivity contribution in [3.63, 3.8) is 0 Å². The second-order valence-corrected chi connectivity index (χ2v) is 4.88. The molecule has 1 aromatic heterocycles. The number of nitrogens with zero attached hydrogens (tertiary/aromatic N) is 2. The lowest BCUT2D eigenvalue weighted by Crippen LogP contribution is -2.26. The summed E-state index contributed by atoms with van der Waals surface area (Å²) >= 11 is 3.37. The summed E-state index contributed by atoms with van der Waals surface area (Å²) in [6, 6.07) is 0.252. The highest BCUT2D eigenvalue weighted by atomic mass is 79.9. The lowest BCUT2D eigenvalue weighted by molar-refractivity contribution is -0.122. The van der Waals surface area contributed by atoms with Crippen LogP contribution in [0.2, 0.25) is 0 Å². The van der Waals surface area contributed by atoms with Crippen LogP contribution in [0.4, 0.5) is 0 Å². The molecule has 1 fully saturated rings. The van der Waals surface area contributed by atoms with E-state index in [0.717, 1.165) is 17.3 Å². The Balaban J connectivity index is 2.19. The molecular formula is C10H13BrN2O. The van der Waals surface area contributed by atoms with Crippen LogP contribution in [0.3, 0.4) is 0 Å². The highest BCUT2D eigenvalue weighted by molar-refractivity contribution is 9.10. The molecule has 0 aliphatic heterocycles. The number of Topliss-reactive ketones (excluding diaryl/α,β-unsaturated/α-hetero) is 1. The maximum Gasteiger partial charge on any atom is 0.135 e. The average Bonchev–Trinajstić information content (AvgIpc) is 2.56. The minimum Gasteiger partial charge on any atom is -0.300 e. The maximum atomic E-state index is 11.3. The predicted octanol–water partition coefficient (Wildman–Crippen LogP) is 2.58. The fraction of sp³-hybridized carbons (Fsp3) is 0.600. The smallest absolute Gasteiger partial charge is 0.135 e. The van der Waals surface area contributed by atoms with E-state index in [-0.39, 0.29) is 6.04 Å². The molecule has 76 valence electrons. The Morgan fingerprint density at radius 1 is 1.64 bits per heavy atom. The SMILES string of the molecule is CC1CCC(=O)CC1n1cc(Br)cn1. The molecule has 1 aliphatic rings. The molecule has 0 amide bonds. The molecule has 0 spiro atoms. The minimum absolute atomic E-state index is 0.252. The van der Waals surface area contributed by atoms with Gasteiger partial charge in [-0.2, -0.15) is 5.10 Å². The van der Waals surface area contributed by atoms with Gasteiger partial charge in [0.2, 0.25) is 0 Å². The first-order valence-electron chi connectivity index (χ1n) is 4.88. The normalized spacial score (nSPS) is 28.0. The first-order chi connectivity index (χ1) is 6.66. The van der Waals surface area contributed by atoms with E-state index in [1.807, 2.05) is 10.9 Å². The average molecular weight is 257 g/mol. The van der Waals surface area contributed by atoms with Crippen molar-refractivity contribution in [1.29, 1.82) is 0 Å². The van der Waals surface area contributed by atoms with E-state index in [1.165, 1.54) is 0 Å². The van der Waals surface area contributed by atoms with Crippen LogP contribution in [0.15, 0.2) is 16.9 Å². The van der Waals surface area contributed by atoms with E-state index in [4.69, 9.17) is 0 Å². The first kappa shape index (κ1) is 9.90. The van der Waals surface area contributed by atoms with Crippen molar-refractivity contribution < 1.29 is 4.79 Å². The molecule has 2 atom stereocenters. The summed E-state index contributed by atoms with van der Waals surface area (Å²) in [5.74, 6) is 0.902. The van der Waals surface area contributed by atoms with Crippen molar-refractivity contribution in [3.05, 3.63) is 16.9 Å². The monoisotopic (exact) mass is 256 g/mol. The zero-order valence-electron chi connectivity index (χ0n) is 8.11. The van der Waals surface area contributed by atoms with Crippen molar-refractivity contribution in [1.82, 2.24) is 9.78 Å². The zero-order valence-corrected chi connectivity index (χ0v) is 9.70.